The lowest BCUT2D eigenvalue weighted by Crippen LogP contribution is -2.63. The van der Waals surface area contributed by atoms with E-state index in [4.69, 9.17) is 66.3 Å². The molecule has 0 bridgehead atoms. The highest BCUT2D eigenvalue weighted by Gasteiger charge is 2.56. The second-order valence-electron chi connectivity index (χ2n) is 21.3. The van der Waals surface area contributed by atoms with E-state index in [2.05, 4.69) is 0 Å². The Labute approximate surface area is 480 Å². The third kappa shape index (κ3) is 11.8. The lowest BCUT2D eigenvalue weighted by molar-refractivity contribution is -0.288. The summed E-state index contributed by atoms with van der Waals surface area (Å²) >= 11 is 0. The van der Waals surface area contributed by atoms with Gasteiger partial charge in [-0.2, -0.15) is 0 Å². The summed E-state index contributed by atoms with van der Waals surface area (Å²) in [5, 5.41) is 50.2. The largest absolute Gasteiger partial charge is 0.504 e. The van der Waals surface area contributed by atoms with Gasteiger partial charge in [0.2, 0.25) is 37.4 Å². The second-order valence-corrected chi connectivity index (χ2v) is 21.3. The summed E-state index contributed by atoms with van der Waals surface area (Å²) in [4.78, 5) is 100.0. The standard InChI is InChI=1S/C58H66O26/c1-19(2)35-31-15-21(5)38(48-40(31)42(56(70)82-48)50(43(35)67)84-58-54(78-30(14)66)52(76-28(12)64)46(74-26(10)62)34(80-58)18-72-24(8)60)37-22(6)16-32-36(20(3)4)49(44(68)41-39(32)47(37)81-55(41)69)83-57-53(77-29(13)65)51(75-27(11)63)45(73-25(9)61)33(79-57)17-71-23(7)59/h15-16,19-20,33-34,45-46,51-58,67-70H,17-18H2,1-14H3/t33-,34-,45-,46-,51+,52+,53-,54-,55?,56?,57+,58+/m1/s1. The van der Waals surface area contributed by atoms with Crippen molar-refractivity contribution in [2.45, 2.75) is 183 Å². The van der Waals surface area contributed by atoms with E-state index in [1.54, 1.807) is 53.7 Å². The first-order valence-electron chi connectivity index (χ1n) is 26.8. The maximum absolute atomic E-state index is 12.8. The average Bonchev–Trinajstić information content (AvgIpc) is 1.47. The van der Waals surface area contributed by atoms with Crippen molar-refractivity contribution in [3.05, 3.63) is 45.5 Å². The molecular weight excluding hydrogens is 1110 g/mol. The molecule has 26 heteroatoms. The minimum absolute atomic E-state index is 0.0444. The van der Waals surface area contributed by atoms with Gasteiger partial charge in [0.25, 0.3) is 0 Å². The van der Waals surface area contributed by atoms with Crippen LogP contribution in [0.1, 0.15) is 141 Å². The number of ether oxygens (including phenoxy) is 14. The van der Waals surface area contributed by atoms with Crippen LogP contribution in [0.15, 0.2) is 12.1 Å². The third-order valence-corrected chi connectivity index (χ3v) is 14.2. The molecule has 0 aromatic heterocycles. The summed E-state index contributed by atoms with van der Waals surface area (Å²) in [7, 11) is 0. The number of phenolic OH excluding ortho intramolecular Hbond substituents is 2. The summed E-state index contributed by atoms with van der Waals surface area (Å²) < 4.78 is 82.3. The van der Waals surface area contributed by atoms with Gasteiger partial charge in [-0.1, -0.05) is 39.8 Å². The molecule has 4 heterocycles. The fourth-order valence-electron chi connectivity index (χ4n) is 11.4. The van der Waals surface area contributed by atoms with Gasteiger partial charge in [0.15, 0.2) is 47.4 Å². The van der Waals surface area contributed by atoms with Gasteiger partial charge in [-0.3, -0.25) is 38.4 Å². The number of aryl methyl sites for hydroxylation is 2. The van der Waals surface area contributed by atoms with Crippen molar-refractivity contribution in [1.29, 1.82) is 0 Å². The van der Waals surface area contributed by atoms with Gasteiger partial charge >= 0.3 is 47.8 Å². The average molecular weight is 1180 g/mol. The molecule has 4 aromatic rings. The fourth-order valence-corrected chi connectivity index (χ4v) is 11.4. The quantitative estimate of drug-likeness (QED) is 0.0735. The lowest BCUT2D eigenvalue weighted by Gasteiger charge is -2.44. The number of aliphatic hydroxyl groups excluding tert-OH is 2. The Morgan fingerprint density at radius 1 is 0.464 bits per heavy atom. The second kappa shape index (κ2) is 24.2. The molecule has 0 radical (unpaired) electrons. The molecule has 4 N–H and O–H groups in total. The van der Waals surface area contributed by atoms with Gasteiger partial charge in [-0.15, -0.1) is 0 Å². The van der Waals surface area contributed by atoms with Crippen LogP contribution in [-0.2, 0) is 85.7 Å². The predicted octanol–water partition coefficient (Wildman–Crippen LogP) is 5.63. The summed E-state index contributed by atoms with van der Waals surface area (Å²) in [6.07, 6.45) is -20.1. The smallest absolute Gasteiger partial charge is 0.303 e. The third-order valence-electron chi connectivity index (χ3n) is 14.2. The van der Waals surface area contributed by atoms with E-state index < -0.39 is 164 Å². The van der Waals surface area contributed by atoms with E-state index in [1.165, 1.54) is 0 Å². The Kier molecular flexibility index (Phi) is 17.8. The zero-order chi connectivity index (χ0) is 61.8. The van der Waals surface area contributed by atoms with Crippen LogP contribution < -0.4 is 18.9 Å². The normalized spacial score (nSPS) is 24.8. The Morgan fingerprint density at radius 2 is 0.810 bits per heavy atom. The Morgan fingerprint density at radius 3 is 1.19 bits per heavy atom. The molecule has 0 aliphatic carbocycles. The van der Waals surface area contributed by atoms with Crippen LogP contribution in [0.25, 0.3) is 32.7 Å². The van der Waals surface area contributed by atoms with Crippen molar-refractivity contribution < 1.29 is 125 Å². The highest BCUT2D eigenvalue weighted by Crippen LogP contribution is 2.62. The molecule has 0 spiro atoms. The molecule has 4 aromatic carbocycles. The van der Waals surface area contributed by atoms with Crippen LogP contribution in [-0.4, -0.2) is 143 Å². The van der Waals surface area contributed by atoms with Crippen molar-refractivity contribution in [2.75, 3.05) is 13.2 Å². The van der Waals surface area contributed by atoms with E-state index in [0.717, 1.165) is 55.4 Å². The summed E-state index contributed by atoms with van der Waals surface area (Å²) in [5.41, 5.74) is 1.89. The zero-order valence-corrected chi connectivity index (χ0v) is 48.4. The maximum Gasteiger partial charge on any atom is 0.303 e. The van der Waals surface area contributed by atoms with Gasteiger partial charge in [-0.05, 0) is 47.6 Å². The van der Waals surface area contributed by atoms with Gasteiger partial charge in [0, 0.05) is 88.4 Å². The molecule has 26 nitrogen and oxygen atoms in total. The Balaban J connectivity index is 1.32. The fraction of sp³-hybridized carbons (Fsp3) is 0.517. The van der Waals surface area contributed by atoms with Crippen LogP contribution in [0.3, 0.4) is 0 Å². The Bertz CT molecular complexity index is 3360. The first-order valence-corrected chi connectivity index (χ1v) is 26.8. The highest BCUT2D eigenvalue weighted by molar-refractivity contribution is 6.10. The number of esters is 8. The van der Waals surface area contributed by atoms with Gasteiger partial charge < -0.3 is 86.7 Å². The van der Waals surface area contributed by atoms with E-state index in [9.17, 15) is 58.8 Å². The number of aromatic hydroxyl groups is 2. The Hall–Kier alpha value is -8.20. The minimum Gasteiger partial charge on any atom is -0.504 e. The molecule has 4 aliphatic rings. The van der Waals surface area contributed by atoms with Crippen molar-refractivity contribution in [3.63, 3.8) is 0 Å². The predicted molar refractivity (Wildman–Crippen MR) is 284 cm³/mol. The number of hydrogen-bond acceptors (Lipinski definition) is 26. The number of hydrogen-bond donors (Lipinski definition) is 4. The lowest BCUT2D eigenvalue weighted by atomic mass is 9.84. The molecule has 8 rings (SSSR count). The SMILES string of the molecule is CC(=O)OC[C@H]1O[C@@H](Oc2c(O)c3c4c(c(-c5c(C)cc6c(C(C)C)c(O)c(O[C@@H]7O[C@H](COC(C)=O)[C@@H](OC(C)=O)[C@H](OC(C)=O)[C@H]7OC(C)=O)c7c6c5OC7O)c(C)cc4c2C(C)C)OC3O)[C@H](OC(C)=O)[C@@H](OC(C)=O)[C@@H]1OC(C)=O. The van der Waals surface area contributed by atoms with Gasteiger partial charge in [-0.25, -0.2) is 0 Å². The molecule has 2 unspecified atom stereocenters. The van der Waals surface area contributed by atoms with Crippen LogP contribution >= 0.6 is 0 Å². The molecular formula is C58H66O26. The molecule has 0 amide bonds. The number of aliphatic hydroxyl groups is 2. The first kappa shape index (κ1) is 61.9. The molecule has 2 fully saturated rings. The van der Waals surface area contributed by atoms with Crippen molar-refractivity contribution >= 4 is 69.3 Å². The van der Waals surface area contributed by atoms with Crippen LogP contribution in [0.4, 0.5) is 0 Å². The molecule has 454 valence electrons. The van der Waals surface area contributed by atoms with E-state index in [0.29, 0.717) is 38.6 Å². The molecule has 12 atom stereocenters. The number of rotatable bonds is 17. The first-order chi connectivity index (χ1) is 39.4. The number of carbonyl (C=O) groups excluding carboxylic acids is 8. The van der Waals surface area contributed by atoms with Crippen molar-refractivity contribution in [1.82, 2.24) is 0 Å². The zero-order valence-electron chi connectivity index (χ0n) is 48.4. The topological polar surface area (TPSA) is 347 Å². The number of phenols is 2. The van der Waals surface area contributed by atoms with Crippen molar-refractivity contribution in [3.8, 4) is 45.6 Å². The number of carbonyl (C=O) groups is 8. The van der Waals surface area contributed by atoms with E-state index in [1.807, 2.05) is 0 Å². The molecule has 2 saturated heterocycles. The van der Waals surface area contributed by atoms with Crippen LogP contribution in [0.5, 0.6) is 34.5 Å². The highest BCUT2D eigenvalue weighted by atomic mass is 16.8. The van der Waals surface area contributed by atoms with Gasteiger partial charge in [0.05, 0.1) is 11.1 Å². The summed E-state index contributed by atoms with van der Waals surface area (Å²) in [6.45, 7) is 18.0. The summed E-state index contributed by atoms with van der Waals surface area (Å²) in [5.74, 6) is -9.70. The molecule has 0 saturated carbocycles. The summed E-state index contributed by atoms with van der Waals surface area (Å²) in [6, 6.07) is 3.49. The maximum atomic E-state index is 12.8. The number of benzene rings is 4. The van der Waals surface area contributed by atoms with Crippen LogP contribution in [0, 0.1) is 13.8 Å². The van der Waals surface area contributed by atoms with Crippen molar-refractivity contribution in [2.24, 2.45) is 0 Å². The monoisotopic (exact) mass is 1180 g/mol. The van der Waals surface area contributed by atoms with E-state index in [-0.39, 0.29) is 44.7 Å². The van der Waals surface area contributed by atoms with Crippen LogP contribution in [0.2, 0.25) is 0 Å². The van der Waals surface area contributed by atoms with E-state index >= 15 is 0 Å². The van der Waals surface area contributed by atoms with Gasteiger partial charge in [0.1, 0.15) is 36.9 Å². The molecule has 4 aliphatic heterocycles. The molecule has 84 heavy (non-hydrogen) atoms. The minimum atomic E-state index is -1.92.